The zero-order valence-electron chi connectivity index (χ0n) is 21.0. The van der Waals surface area contributed by atoms with E-state index in [1.165, 1.54) is 19.3 Å². The van der Waals surface area contributed by atoms with E-state index >= 15 is 0 Å². The highest BCUT2D eigenvalue weighted by molar-refractivity contribution is 5.90. The SMILES string of the molecule is CC(=O)NC1CC(N(C)C(C)C)CCC1N1CC(Nc2ncnc3ccc(C(F)(F)F)cc23)CC1=O. The number of nitrogens with zero attached hydrogens (tertiary/aromatic N) is 4. The number of carbonyl (C=O) groups is 2. The Morgan fingerprint density at radius 3 is 2.64 bits per heavy atom. The van der Waals surface area contributed by atoms with Gasteiger partial charge in [-0.05, 0) is 58.4 Å². The van der Waals surface area contributed by atoms with Crippen LogP contribution in [0.2, 0.25) is 0 Å². The average Bonchev–Trinajstić information content (AvgIpc) is 3.17. The Hall–Kier alpha value is -2.95. The molecule has 2 amide bonds. The number of anilines is 1. The van der Waals surface area contributed by atoms with Gasteiger partial charge in [-0.25, -0.2) is 9.97 Å². The number of carbonyl (C=O) groups excluding carboxylic acids is 2. The Balaban J connectivity index is 1.51. The summed E-state index contributed by atoms with van der Waals surface area (Å²) in [5.74, 6) is 0.0939. The number of benzene rings is 1. The van der Waals surface area contributed by atoms with Gasteiger partial charge in [0.15, 0.2) is 0 Å². The van der Waals surface area contributed by atoms with Gasteiger partial charge in [0, 0.05) is 37.4 Å². The highest BCUT2D eigenvalue weighted by Crippen LogP contribution is 2.34. The summed E-state index contributed by atoms with van der Waals surface area (Å²) >= 11 is 0. The lowest BCUT2D eigenvalue weighted by atomic mass is 9.84. The van der Waals surface area contributed by atoms with E-state index in [1.807, 2.05) is 4.90 Å². The van der Waals surface area contributed by atoms with Crippen LogP contribution in [0.15, 0.2) is 24.5 Å². The number of alkyl halides is 3. The minimum Gasteiger partial charge on any atom is -0.364 e. The Labute approximate surface area is 208 Å². The number of likely N-dealkylation sites (tertiary alicyclic amines) is 1. The third kappa shape index (κ3) is 5.55. The first kappa shape index (κ1) is 26.1. The summed E-state index contributed by atoms with van der Waals surface area (Å²) in [5.41, 5.74) is -0.391. The summed E-state index contributed by atoms with van der Waals surface area (Å²) in [6.07, 6.45) is -0.570. The van der Waals surface area contributed by atoms with E-state index in [-0.39, 0.29) is 47.6 Å². The van der Waals surface area contributed by atoms with Gasteiger partial charge in [-0.1, -0.05) is 0 Å². The Kier molecular flexibility index (Phi) is 7.40. The quantitative estimate of drug-likeness (QED) is 0.624. The molecule has 4 unspecified atom stereocenters. The summed E-state index contributed by atoms with van der Waals surface area (Å²) in [5, 5.41) is 6.49. The van der Waals surface area contributed by atoms with Crippen molar-refractivity contribution in [3.05, 3.63) is 30.1 Å². The molecule has 1 aromatic carbocycles. The van der Waals surface area contributed by atoms with E-state index in [1.54, 1.807) is 0 Å². The standard InChI is InChI=1S/C25H33F3N6O2/c1-14(2)33(4)18-6-8-22(21(11-18)31-15(3)35)34-12-17(10-23(34)36)32-24-19-9-16(25(26,27)28)5-7-20(19)29-13-30-24/h5,7,9,13-14,17-18,21-22H,6,8,10-12H2,1-4H3,(H,31,35)(H,29,30,32). The van der Waals surface area contributed by atoms with E-state index < -0.39 is 11.7 Å². The van der Waals surface area contributed by atoms with Gasteiger partial charge in [0.25, 0.3) is 0 Å². The van der Waals surface area contributed by atoms with Gasteiger partial charge in [0.05, 0.1) is 29.2 Å². The third-order valence-corrected chi connectivity index (χ3v) is 7.43. The largest absolute Gasteiger partial charge is 0.416 e. The molecule has 1 saturated carbocycles. The maximum atomic E-state index is 13.3. The molecule has 2 heterocycles. The van der Waals surface area contributed by atoms with Crippen molar-refractivity contribution >= 4 is 28.5 Å². The second kappa shape index (κ2) is 10.2. The van der Waals surface area contributed by atoms with E-state index in [2.05, 4.69) is 46.4 Å². The predicted molar refractivity (Wildman–Crippen MR) is 130 cm³/mol. The molecular formula is C25H33F3N6O2. The third-order valence-electron chi connectivity index (χ3n) is 7.43. The van der Waals surface area contributed by atoms with Crippen LogP contribution in [0, 0.1) is 0 Å². The van der Waals surface area contributed by atoms with Gasteiger partial charge in [-0.3, -0.25) is 9.59 Å². The number of fused-ring (bicyclic) bond motifs is 1. The van der Waals surface area contributed by atoms with Crippen LogP contribution in [0.25, 0.3) is 10.9 Å². The highest BCUT2D eigenvalue weighted by atomic mass is 19.4. The summed E-state index contributed by atoms with van der Waals surface area (Å²) < 4.78 is 39.8. The summed E-state index contributed by atoms with van der Waals surface area (Å²) in [7, 11) is 2.08. The molecule has 1 saturated heterocycles. The monoisotopic (exact) mass is 506 g/mol. The second-order valence-electron chi connectivity index (χ2n) is 10.1. The average molecular weight is 507 g/mol. The van der Waals surface area contributed by atoms with Crippen LogP contribution in [0.3, 0.4) is 0 Å². The van der Waals surface area contributed by atoms with Crippen LogP contribution >= 0.6 is 0 Å². The van der Waals surface area contributed by atoms with E-state index in [0.717, 1.165) is 31.4 Å². The van der Waals surface area contributed by atoms with Crippen molar-refractivity contribution in [3.8, 4) is 0 Å². The Morgan fingerprint density at radius 1 is 1.22 bits per heavy atom. The van der Waals surface area contributed by atoms with Gasteiger partial charge in [0.2, 0.25) is 11.8 Å². The smallest absolute Gasteiger partial charge is 0.364 e. The molecule has 1 aromatic heterocycles. The van der Waals surface area contributed by atoms with Crippen molar-refractivity contribution in [1.82, 2.24) is 25.1 Å². The van der Waals surface area contributed by atoms with E-state index in [4.69, 9.17) is 0 Å². The molecule has 2 N–H and O–H groups in total. The van der Waals surface area contributed by atoms with Gasteiger partial charge in [-0.15, -0.1) is 0 Å². The Morgan fingerprint density at radius 2 is 1.97 bits per heavy atom. The number of amides is 2. The molecule has 2 aliphatic rings. The summed E-state index contributed by atoms with van der Waals surface area (Å²) in [6.45, 7) is 6.13. The number of halogens is 3. The van der Waals surface area contributed by atoms with Gasteiger partial charge >= 0.3 is 6.18 Å². The minimum absolute atomic E-state index is 0.0436. The van der Waals surface area contributed by atoms with Crippen LogP contribution in [0.4, 0.5) is 19.0 Å². The molecule has 2 fully saturated rings. The molecule has 0 spiro atoms. The van der Waals surface area contributed by atoms with Crippen LogP contribution < -0.4 is 10.6 Å². The number of hydrogen-bond acceptors (Lipinski definition) is 6. The first-order valence-corrected chi connectivity index (χ1v) is 12.3. The molecular weight excluding hydrogens is 473 g/mol. The van der Waals surface area contributed by atoms with Crippen LogP contribution in [0.5, 0.6) is 0 Å². The molecule has 11 heteroatoms. The Bertz CT molecular complexity index is 1120. The van der Waals surface area contributed by atoms with Crippen LogP contribution in [-0.4, -0.2) is 75.4 Å². The molecule has 4 rings (SSSR count). The van der Waals surface area contributed by atoms with Crippen LogP contribution in [-0.2, 0) is 15.8 Å². The number of rotatable bonds is 6. The lowest BCUT2D eigenvalue weighted by Crippen LogP contribution is -2.58. The van der Waals surface area contributed by atoms with E-state index in [9.17, 15) is 22.8 Å². The van der Waals surface area contributed by atoms with Crippen LogP contribution in [0.1, 0.15) is 52.0 Å². The van der Waals surface area contributed by atoms with Crippen molar-refractivity contribution in [3.63, 3.8) is 0 Å². The van der Waals surface area contributed by atoms with Crippen molar-refractivity contribution in [2.75, 3.05) is 18.9 Å². The maximum absolute atomic E-state index is 13.3. The molecule has 36 heavy (non-hydrogen) atoms. The van der Waals surface area contributed by atoms with Gasteiger partial charge in [-0.2, -0.15) is 13.2 Å². The summed E-state index contributed by atoms with van der Waals surface area (Å²) in [4.78, 5) is 37.4. The zero-order valence-corrected chi connectivity index (χ0v) is 21.0. The van der Waals surface area contributed by atoms with Gasteiger partial charge < -0.3 is 20.4 Å². The minimum atomic E-state index is -4.48. The summed E-state index contributed by atoms with van der Waals surface area (Å²) in [6, 6.07) is 3.40. The first-order valence-electron chi connectivity index (χ1n) is 12.3. The first-order chi connectivity index (χ1) is 16.9. The van der Waals surface area contributed by atoms with Crippen molar-refractivity contribution in [1.29, 1.82) is 0 Å². The topological polar surface area (TPSA) is 90.5 Å². The predicted octanol–water partition coefficient (Wildman–Crippen LogP) is 3.43. The molecule has 1 aliphatic heterocycles. The van der Waals surface area contributed by atoms with Crippen molar-refractivity contribution in [2.24, 2.45) is 0 Å². The second-order valence-corrected chi connectivity index (χ2v) is 10.1. The number of hydrogen-bond donors (Lipinski definition) is 2. The van der Waals surface area contributed by atoms with Crippen molar-refractivity contribution in [2.45, 2.75) is 82.8 Å². The lowest BCUT2D eigenvalue weighted by molar-refractivity contribution is -0.137. The fourth-order valence-corrected chi connectivity index (χ4v) is 5.40. The lowest BCUT2D eigenvalue weighted by Gasteiger charge is -2.44. The molecule has 196 valence electrons. The van der Waals surface area contributed by atoms with E-state index in [0.29, 0.717) is 24.1 Å². The fourth-order valence-electron chi connectivity index (χ4n) is 5.40. The normalized spacial score (nSPS) is 25.1. The fraction of sp³-hybridized carbons (Fsp3) is 0.600. The molecule has 0 radical (unpaired) electrons. The number of aromatic nitrogens is 2. The zero-order chi connectivity index (χ0) is 26.2. The molecule has 1 aliphatic carbocycles. The molecule has 2 aromatic rings. The highest BCUT2D eigenvalue weighted by Gasteiger charge is 2.42. The van der Waals surface area contributed by atoms with Crippen molar-refractivity contribution < 1.29 is 22.8 Å². The molecule has 0 bridgehead atoms. The molecule has 4 atom stereocenters. The maximum Gasteiger partial charge on any atom is 0.416 e. The van der Waals surface area contributed by atoms with Gasteiger partial charge in [0.1, 0.15) is 12.1 Å². The molecule has 8 nitrogen and oxygen atoms in total. The number of nitrogens with one attached hydrogen (secondary N) is 2.